The highest BCUT2D eigenvalue weighted by Gasteiger charge is 2.17. The summed E-state index contributed by atoms with van der Waals surface area (Å²) in [4.78, 5) is 22.3. The molecule has 0 atom stereocenters. The zero-order chi connectivity index (χ0) is 23.5. The number of amides is 1. The first-order valence-corrected chi connectivity index (χ1v) is 11.3. The number of aryl methyl sites for hydroxylation is 1. The largest absolute Gasteiger partial charge is 0.348 e. The molecule has 3 heterocycles. The van der Waals surface area contributed by atoms with Gasteiger partial charge in [-0.2, -0.15) is 5.10 Å². The number of nitrogens with one attached hydrogen (secondary N) is 1. The van der Waals surface area contributed by atoms with Gasteiger partial charge in [-0.3, -0.25) is 14.5 Å². The standard InChI is InChI=1S/C28H25N5O/c1-19-25(20(2)33(32-19)18-21-9-4-3-5-10-21)17-30-28(34)24-15-27(22-11-8-14-29-16-22)31-26-13-7-6-12-23(24)26/h3-16H,17-18H2,1-2H3,(H,30,34). The fourth-order valence-electron chi connectivity index (χ4n) is 4.19. The van der Waals surface area contributed by atoms with E-state index in [0.717, 1.165) is 39.1 Å². The van der Waals surface area contributed by atoms with Gasteiger partial charge in [0.25, 0.3) is 5.91 Å². The SMILES string of the molecule is Cc1nn(Cc2ccccc2)c(C)c1CNC(=O)c1cc(-c2cccnc2)nc2ccccc12. The van der Waals surface area contributed by atoms with Gasteiger partial charge in [0.15, 0.2) is 0 Å². The third-order valence-corrected chi connectivity index (χ3v) is 6.05. The molecule has 6 nitrogen and oxygen atoms in total. The minimum atomic E-state index is -0.140. The molecular formula is C28H25N5O. The Labute approximate surface area is 198 Å². The smallest absolute Gasteiger partial charge is 0.252 e. The van der Waals surface area contributed by atoms with Crippen LogP contribution in [0.3, 0.4) is 0 Å². The summed E-state index contributed by atoms with van der Waals surface area (Å²) in [5.74, 6) is -0.140. The summed E-state index contributed by atoms with van der Waals surface area (Å²) >= 11 is 0. The highest BCUT2D eigenvalue weighted by Crippen LogP contribution is 2.24. The van der Waals surface area contributed by atoms with Crippen molar-refractivity contribution >= 4 is 16.8 Å². The summed E-state index contributed by atoms with van der Waals surface area (Å²) in [5.41, 5.74) is 7.16. The summed E-state index contributed by atoms with van der Waals surface area (Å²) < 4.78 is 1.99. The van der Waals surface area contributed by atoms with E-state index in [1.165, 1.54) is 5.56 Å². The highest BCUT2D eigenvalue weighted by atomic mass is 16.1. The predicted molar refractivity (Wildman–Crippen MR) is 133 cm³/mol. The molecule has 1 N–H and O–H groups in total. The van der Waals surface area contributed by atoms with Crippen molar-refractivity contribution in [2.45, 2.75) is 26.9 Å². The number of carbonyl (C=O) groups excluding carboxylic acids is 1. The van der Waals surface area contributed by atoms with Crippen LogP contribution >= 0.6 is 0 Å². The van der Waals surface area contributed by atoms with Crippen LogP contribution in [0.15, 0.2) is 85.2 Å². The first-order chi connectivity index (χ1) is 16.6. The van der Waals surface area contributed by atoms with Crippen molar-refractivity contribution < 1.29 is 4.79 Å². The fraction of sp³-hybridized carbons (Fsp3) is 0.143. The van der Waals surface area contributed by atoms with Gasteiger partial charge in [0, 0.05) is 41.1 Å². The van der Waals surface area contributed by atoms with Crippen molar-refractivity contribution in [1.82, 2.24) is 25.1 Å². The molecule has 0 unspecified atom stereocenters. The van der Waals surface area contributed by atoms with Crippen molar-refractivity contribution in [2.75, 3.05) is 0 Å². The molecule has 168 valence electrons. The third-order valence-electron chi connectivity index (χ3n) is 6.05. The van der Waals surface area contributed by atoms with Crippen LogP contribution in [0, 0.1) is 13.8 Å². The molecule has 34 heavy (non-hydrogen) atoms. The lowest BCUT2D eigenvalue weighted by Crippen LogP contribution is -2.24. The monoisotopic (exact) mass is 447 g/mol. The maximum Gasteiger partial charge on any atom is 0.252 e. The van der Waals surface area contributed by atoms with Crippen molar-refractivity contribution in [3.05, 3.63) is 113 Å². The lowest BCUT2D eigenvalue weighted by atomic mass is 10.0. The maximum atomic E-state index is 13.4. The number of nitrogens with zero attached hydrogens (tertiary/aromatic N) is 4. The van der Waals surface area contributed by atoms with Crippen LogP contribution in [0.1, 0.15) is 32.9 Å². The zero-order valence-electron chi connectivity index (χ0n) is 19.2. The normalized spacial score (nSPS) is 11.0. The summed E-state index contributed by atoms with van der Waals surface area (Å²) in [6, 6.07) is 23.6. The van der Waals surface area contributed by atoms with Gasteiger partial charge in [-0.15, -0.1) is 0 Å². The third kappa shape index (κ3) is 4.30. The Kier molecular flexibility index (Phi) is 5.87. The highest BCUT2D eigenvalue weighted by molar-refractivity contribution is 6.07. The average molecular weight is 448 g/mol. The van der Waals surface area contributed by atoms with E-state index in [1.807, 2.05) is 79.2 Å². The Hall–Kier alpha value is -4.32. The second kappa shape index (κ2) is 9.27. The van der Waals surface area contributed by atoms with Crippen LogP contribution in [0.2, 0.25) is 0 Å². The molecule has 2 aromatic carbocycles. The van der Waals surface area contributed by atoms with Crippen LogP contribution in [-0.4, -0.2) is 25.7 Å². The number of benzene rings is 2. The number of pyridine rings is 2. The number of carbonyl (C=O) groups is 1. The van der Waals surface area contributed by atoms with Gasteiger partial charge in [-0.05, 0) is 43.7 Å². The molecule has 0 fully saturated rings. The average Bonchev–Trinajstić information content (AvgIpc) is 3.14. The minimum Gasteiger partial charge on any atom is -0.348 e. The Balaban J connectivity index is 1.42. The molecule has 0 spiro atoms. The first-order valence-electron chi connectivity index (χ1n) is 11.3. The summed E-state index contributed by atoms with van der Waals surface area (Å²) in [7, 11) is 0. The Morgan fingerprint density at radius 3 is 2.56 bits per heavy atom. The number of rotatable bonds is 6. The van der Waals surface area contributed by atoms with Crippen LogP contribution in [0.5, 0.6) is 0 Å². The molecule has 0 bridgehead atoms. The van der Waals surface area contributed by atoms with Gasteiger partial charge >= 0.3 is 0 Å². The second-order valence-electron chi connectivity index (χ2n) is 8.29. The molecule has 0 aliphatic rings. The van der Waals surface area contributed by atoms with Gasteiger partial charge in [0.05, 0.1) is 29.0 Å². The molecule has 0 radical (unpaired) electrons. The lowest BCUT2D eigenvalue weighted by Gasteiger charge is -2.11. The molecule has 5 rings (SSSR count). The molecule has 0 aliphatic carbocycles. The van der Waals surface area contributed by atoms with Crippen LogP contribution in [0.4, 0.5) is 0 Å². The quantitative estimate of drug-likeness (QED) is 0.394. The zero-order valence-corrected chi connectivity index (χ0v) is 19.2. The van der Waals surface area contributed by atoms with Crippen LogP contribution < -0.4 is 5.32 Å². The van der Waals surface area contributed by atoms with E-state index in [9.17, 15) is 4.79 Å². The van der Waals surface area contributed by atoms with Crippen molar-refractivity contribution in [2.24, 2.45) is 0 Å². The maximum absolute atomic E-state index is 13.4. The second-order valence-corrected chi connectivity index (χ2v) is 8.29. The van der Waals surface area contributed by atoms with Crippen LogP contribution in [0.25, 0.3) is 22.2 Å². The topological polar surface area (TPSA) is 72.7 Å². The van der Waals surface area contributed by atoms with Gasteiger partial charge in [0.1, 0.15) is 0 Å². The number of para-hydroxylation sites is 1. The molecule has 3 aromatic heterocycles. The molecule has 6 heteroatoms. The number of hydrogen-bond donors (Lipinski definition) is 1. The fourth-order valence-corrected chi connectivity index (χ4v) is 4.19. The van der Waals surface area contributed by atoms with E-state index in [2.05, 4.69) is 22.4 Å². The Morgan fingerprint density at radius 2 is 1.76 bits per heavy atom. The van der Waals surface area contributed by atoms with E-state index >= 15 is 0 Å². The summed E-state index contributed by atoms with van der Waals surface area (Å²) in [5, 5.41) is 8.64. The van der Waals surface area contributed by atoms with Gasteiger partial charge in [-0.1, -0.05) is 48.5 Å². The Bertz CT molecular complexity index is 1460. The molecule has 5 aromatic rings. The van der Waals surface area contributed by atoms with Crippen LogP contribution in [-0.2, 0) is 13.1 Å². The van der Waals surface area contributed by atoms with E-state index in [-0.39, 0.29) is 5.91 Å². The van der Waals surface area contributed by atoms with E-state index in [0.29, 0.717) is 18.7 Å². The van der Waals surface area contributed by atoms with Gasteiger partial charge in [-0.25, -0.2) is 4.98 Å². The predicted octanol–water partition coefficient (Wildman–Crippen LogP) is 5.09. The van der Waals surface area contributed by atoms with Gasteiger partial charge < -0.3 is 5.32 Å². The van der Waals surface area contributed by atoms with Crippen molar-refractivity contribution in [3.63, 3.8) is 0 Å². The molecule has 1 amide bonds. The Morgan fingerprint density at radius 1 is 0.971 bits per heavy atom. The number of aromatic nitrogens is 4. The minimum absolute atomic E-state index is 0.140. The van der Waals surface area contributed by atoms with E-state index in [1.54, 1.807) is 12.4 Å². The lowest BCUT2D eigenvalue weighted by molar-refractivity contribution is 0.0952. The molecule has 0 saturated heterocycles. The summed E-state index contributed by atoms with van der Waals surface area (Å²) in [6.45, 7) is 5.14. The summed E-state index contributed by atoms with van der Waals surface area (Å²) in [6.07, 6.45) is 3.48. The van der Waals surface area contributed by atoms with Crippen molar-refractivity contribution in [3.8, 4) is 11.3 Å². The van der Waals surface area contributed by atoms with Gasteiger partial charge in [0.2, 0.25) is 0 Å². The van der Waals surface area contributed by atoms with E-state index in [4.69, 9.17) is 10.1 Å². The van der Waals surface area contributed by atoms with Crippen molar-refractivity contribution in [1.29, 1.82) is 0 Å². The molecule has 0 aliphatic heterocycles. The number of fused-ring (bicyclic) bond motifs is 1. The molecular weight excluding hydrogens is 422 g/mol. The molecule has 0 saturated carbocycles. The number of hydrogen-bond acceptors (Lipinski definition) is 4. The first kappa shape index (κ1) is 21.5. The van der Waals surface area contributed by atoms with E-state index < -0.39 is 0 Å².